The minimum atomic E-state index is -0.771. The van der Waals surface area contributed by atoms with E-state index >= 15 is 0 Å². The Morgan fingerprint density at radius 3 is 2.25 bits per heavy atom. The number of hydrogen-bond acceptors (Lipinski definition) is 3. The molecule has 0 spiro atoms. The maximum absolute atomic E-state index is 11.4. The van der Waals surface area contributed by atoms with Crippen LogP contribution in [0.4, 0.5) is 4.79 Å². The minimum absolute atomic E-state index is 0.207. The molecule has 0 heterocycles. The fourth-order valence-corrected chi connectivity index (χ4v) is 1.14. The molecule has 5 nitrogen and oxygen atoms in total. The molecule has 1 aromatic rings. The molecule has 0 aromatic heterocycles. The third-order valence-corrected chi connectivity index (χ3v) is 1.92. The second-order valence-corrected chi connectivity index (χ2v) is 3.66. The zero-order valence-corrected chi connectivity index (χ0v) is 9.56. The molecule has 4 N–H and O–H groups in total. The lowest BCUT2D eigenvalue weighted by Crippen LogP contribution is -2.44. The first-order chi connectivity index (χ1) is 7.49. The first-order valence-electron chi connectivity index (χ1n) is 4.16. The van der Waals surface area contributed by atoms with Gasteiger partial charge in [-0.3, -0.25) is 15.4 Å². The van der Waals surface area contributed by atoms with Crippen molar-refractivity contribution in [3.63, 3.8) is 0 Å². The Hall–Kier alpha value is -1.66. The second-order valence-electron chi connectivity index (χ2n) is 2.78. The van der Waals surface area contributed by atoms with Crippen LogP contribution in [0.3, 0.4) is 0 Å². The van der Waals surface area contributed by atoms with Crippen LogP contribution < -0.4 is 16.4 Å². The van der Waals surface area contributed by atoms with Gasteiger partial charge in [-0.15, -0.1) is 0 Å². The van der Waals surface area contributed by atoms with Gasteiger partial charge in [-0.1, -0.05) is 11.6 Å². The zero-order valence-electron chi connectivity index (χ0n) is 7.99. The molecule has 0 atom stereocenters. The summed E-state index contributed by atoms with van der Waals surface area (Å²) in [6, 6.07) is 5.30. The van der Waals surface area contributed by atoms with Gasteiger partial charge in [0.05, 0.1) is 0 Å². The highest BCUT2D eigenvalue weighted by Gasteiger charge is 2.09. The van der Waals surface area contributed by atoms with Crippen molar-refractivity contribution in [2.45, 2.75) is 0 Å². The Morgan fingerprint density at radius 1 is 1.19 bits per heavy atom. The van der Waals surface area contributed by atoms with E-state index in [4.69, 9.17) is 17.3 Å². The standard InChI is InChI=1S/C9H8ClN3O2S/c10-6-3-1-5(2-4-6)7(14)12-9(15)13-8(11)16/h1-4H,(H4,11,12,13,14,15,16). The molecule has 0 bridgehead atoms. The highest BCUT2D eigenvalue weighted by molar-refractivity contribution is 7.80. The Morgan fingerprint density at radius 2 is 1.75 bits per heavy atom. The van der Waals surface area contributed by atoms with Gasteiger partial charge in [0.2, 0.25) is 0 Å². The zero-order chi connectivity index (χ0) is 12.1. The number of nitrogens with two attached hydrogens (primary N) is 1. The van der Waals surface area contributed by atoms with Gasteiger partial charge in [0.1, 0.15) is 0 Å². The summed E-state index contributed by atoms with van der Waals surface area (Å²) >= 11 is 10.1. The molecule has 16 heavy (non-hydrogen) atoms. The van der Waals surface area contributed by atoms with Crippen LogP contribution in [-0.2, 0) is 0 Å². The number of urea groups is 1. The van der Waals surface area contributed by atoms with E-state index in [1.807, 2.05) is 5.32 Å². The molecular weight excluding hydrogens is 250 g/mol. The largest absolute Gasteiger partial charge is 0.376 e. The van der Waals surface area contributed by atoms with Crippen molar-refractivity contribution >= 4 is 40.9 Å². The van der Waals surface area contributed by atoms with E-state index in [0.717, 1.165) is 0 Å². The number of halogens is 1. The number of carbonyl (C=O) groups excluding carboxylic acids is 2. The van der Waals surface area contributed by atoms with Gasteiger partial charge in [0.15, 0.2) is 5.11 Å². The van der Waals surface area contributed by atoms with Gasteiger partial charge in [-0.05, 0) is 36.5 Å². The van der Waals surface area contributed by atoms with Gasteiger partial charge in [0.25, 0.3) is 5.91 Å². The van der Waals surface area contributed by atoms with Crippen molar-refractivity contribution in [1.82, 2.24) is 10.6 Å². The fourth-order valence-electron chi connectivity index (χ4n) is 0.920. The summed E-state index contributed by atoms with van der Waals surface area (Å²) in [5.74, 6) is -0.564. The highest BCUT2D eigenvalue weighted by Crippen LogP contribution is 2.09. The third-order valence-electron chi connectivity index (χ3n) is 1.57. The maximum Gasteiger partial charge on any atom is 0.327 e. The van der Waals surface area contributed by atoms with Crippen LogP contribution in [0.25, 0.3) is 0 Å². The topological polar surface area (TPSA) is 84.2 Å². The number of rotatable bonds is 1. The Bertz CT molecular complexity index is 433. The summed E-state index contributed by atoms with van der Waals surface area (Å²) in [7, 11) is 0. The lowest BCUT2D eigenvalue weighted by molar-refractivity contribution is 0.0965. The molecule has 0 saturated carbocycles. The second kappa shape index (κ2) is 5.43. The molecule has 1 aromatic carbocycles. The van der Waals surface area contributed by atoms with Crippen LogP contribution in [0.1, 0.15) is 10.4 Å². The number of benzene rings is 1. The van der Waals surface area contributed by atoms with Crippen molar-refractivity contribution in [3.8, 4) is 0 Å². The molecule has 7 heteroatoms. The molecule has 0 fully saturated rings. The highest BCUT2D eigenvalue weighted by atomic mass is 35.5. The molecule has 0 aliphatic rings. The first-order valence-corrected chi connectivity index (χ1v) is 4.95. The number of thiocarbonyl (C=S) groups is 1. The summed E-state index contributed by atoms with van der Waals surface area (Å²) in [6.07, 6.45) is 0. The van der Waals surface area contributed by atoms with Crippen molar-refractivity contribution in [2.75, 3.05) is 0 Å². The van der Waals surface area contributed by atoms with E-state index in [1.165, 1.54) is 12.1 Å². The van der Waals surface area contributed by atoms with Crippen LogP contribution in [0.15, 0.2) is 24.3 Å². The van der Waals surface area contributed by atoms with Crippen LogP contribution >= 0.6 is 23.8 Å². The predicted octanol–water partition coefficient (Wildman–Crippen LogP) is 1.02. The Labute approximate surface area is 102 Å². The lowest BCUT2D eigenvalue weighted by atomic mass is 10.2. The van der Waals surface area contributed by atoms with Gasteiger partial charge in [0, 0.05) is 10.6 Å². The van der Waals surface area contributed by atoms with Gasteiger partial charge in [-0.2, -0.15) is 0 Å². The summed E-state index contributed by atoms with van der Waals surface area (Å²) in [4.78, 5) is 22.5. The molecule has 0 aliphatic carbocycles. The van der Waals surface area contributed by atoms with Crippen LogP contribution in [0.5, 0.6) is 0 Å². The summed E-state index contributed by atoms with van der Waals surface area (Å²) < 4.78 is 0. The Balaban J connectivity index is 2.62. The molecule has 0 radical (unpaired) electrons. The minimum Gasteiger partial charge on any atom is -0.376 e. The van der Waals surface area contributed by atoms with Gasteiger partial charge >= 0.3 is 6.03 Å². The molecule has 84 valence electrons. The molecule has 1 rings (SSSR count). The molecular formula is C9H8ClN3O2S. The van der Waals surface area contributed by atoms with Gasteiger partial charge in [-0.25, -0.2) is 4.79 Å². The Kier molecular flexibility index (Phi) is 4.21. The fraction of sp³-hybridized carbons (Fsp3) is 0. The van der Waals surface area contributed by atoms with Crippen LogP contribution in [0, 0.1) is 0 Å². The van der Waals surface area contributed by atoms with Crippen molar-refractivity contribution < 1.29 is 9.59 Å². The lowest BCUT2D eigenvalue weighted by Gasteiger charge is -2.04. The van der Waals surface area contributed by atoms with Gasteiger partial charge < -0.3 is 5.73 Å². The van der Waals surface area contributed by atoms with Crippen LogP contribution in [-0.4, -0.2) is 17.1 Å². The number of imide groups is 1. The number of nitrogens with one attached hydrogen (secondary N) is 2. The van der Waals surface area contributed by atoms with E-state index in [2.05, 4.69) is 17.5 Å². The average Bonchev–Trinajstić information content (AvgIpc) is 2.16. The number of hydrogen-bond donors (Lipinski definition) is 3. The summed E-state index contributed by atoms with van der Waals surface area (Å²) in [6.45, 7) is 0. The van der Waals surface area contributed by atoms with E-state index in [-0.39, 0.29) is 5.11 Å². The summed E-state index contributed by atoms with van der Waals surface area (Å²) in [5.41, 5.74) is 5.37. The molecule has 0 aliphatic heterocycles. The molecule has 0 saturated heterocycles. The van der Waals surface area contributed by atoms with E-state index < -0.39 is 11.9 Å². The SMILES string of the molecule is NC(=S)NC(=O)NC(=O)c1ccc(Cl)cc1. The smallest absolute Gasteiger partial charge is 0.327 e. The quantitative estimate of drug-likeness (QED) is 0.656. The van der Waals surface area contributed by atoms with Crippen molar-refractivity contribution in [1.29, 1.82) is 0 Å². The normalized spacial score (nSPS) is 9.31. The first kappa shape index (κ1) is 12.4. The molecule has 0 unspecified atom stereocenters. The van der Waals surface area contributed by atoms with Crippen LogP contribution in [0.2, 0.25) is 5.02 Å². The monoisotopic (exact) mass is 257 g/mol. The molecule has 3 amide bonds. The average molecular weight is 258 g/mol. The number of amides is 3. The van der Waals surface area contributed by atoms with E-state index in [9.17, 15) is 9.59 Å². The van der Waals surface area contributed by atoms with Crippen molar-refractivity contribution in [3.05, 3.63) is 34.9 Å². The van der Waals surface area contributed by atoms with Crippen molar-refractivity contribution in [2.24, 2.45) is 5.73 Å². The number of carbonyl (C=O) groups is 2. The maximum atomic E-state index is 11.4. The predicted molar refractivity (Wildman–Crippen MR) is 64.2 cm³/mol. The van der Waals surface area contributed by atoms with E-state index in [0.29, 0.717) is 10.6 Å². The van der Waals surface area contributed by atoms with E-state index in [1.54, 1.807) is 12.1 Å². The third kappa shape index (κ3) is 3.84. The summed E-state index contributed by atoms with van der Waals surface area (Å²) in [5, 5.41) is 4.41.